The van der Waals surface area contributed by atoms with E-state index in [4.69, 9.17) is 4.74 Å². The molecule has 3 rings (SSSR count). The van der Waals surface area contributed by atoms with Gasteiger partial charge in [0.2, 0.25) is 5.78 Å². The summed E-state index contributed by atoms with van der Waals surface area (Å²) in [7, 11) is 0. The number of nitrogens with zero attached hydrogens (tertiary/aromatic N) is 1. The fourth-order valence-corrected chi connectivity index (χ4v) is 3.27. The Balaban J connectivity index is 1.78. The highest BCUT2D eigenvalue weighted by Gasteiger charge is 2.16. The number of hydrogen-bond donors (Lipinski definition) is 0. The Morgan fingerprint density at radius 1 is 1.10 bits per heavy atom. The summed E-state index contributed by atoms with van der Waals surface area (Å²) in [6.07, 6.45) is 0. The van der Waals surface area contributed by atoms with Gasteiger partial charge in [0.05, 0.1) is 23.1 Å². The van der Waals surface area contributed by atoms with Gasteiger partial charge in [0.1, 0.15) is 0 Å². The Bertz CT molecular complexity index is 597. The number of anilines is 1. The summed E-state index contributed by atoms with van der Waals surface area (Å²) in [6.45, 7) is 5.35. The summed E-state index contributed by atoms with van der Waals surface area (Å²) in [6, 6.07) is 11.7. The highest BCUT2D eigenvalue weighted by Crippen LogP contribution is 2.28. The summed E-state index contributed by atoms with van der Waals surface area (Å²) in [5.41, 5.74) is 1.92. The lowest BCUT2D eigenvalue weighted by Gasteiger charge is -2.27. The van der Waals surface area contributed by atoms with E-state index < -0.39 is 0 Å². The second-order valence-corrected chi connectivity index (χ2v) is 5.99. The lowest BCUT2D eigenvalue weighted by atomic mass is 10.1. The molecule has 1 saturated heterocycles. The van der Waals surface area contributed by atoms with Crippen LogP contribution in [-0.4, -0.2) is 32.1 Å². The SMILES string of the molecule is Cc1ccc(C(=O)c2ccc(N3CCOCC3)s2)cc1. The minimum atomic E-state index is 0.106. The molecule has 1 aromatic carbocycles. The number of morpholine rings is 1. The fraction of sp³-hybridized carbons (Fsp3) is 0.312. The van der Waals surface area contributed by atoms with Crippen molar-refractivity contribution in [2.24, 2.45) is 0 Å². The molecule has 20 heavy (non-hydrogen) atoms. The first-order valence-corrected chi connectivity index (χ1v) is 7.59. The molecule has 2 heterocycles. The normalized spacial score (nSPS) is 15.3. The van der Waals surface area contributed by atoms with Crippen molar-refractivity contribution in [2.75, 3.05) is 31.2 Å². The largest absolute Gasteiger partial charge is 0.378 e. The number of hydrogen-bond acceptors (Lipinski definition) is 4. The summed E-state index contributed by atoms with van der Waals surface area (Å²) in [5, 5.41) is 1.16. The van der Waals surface area contributed by atoms with Crippen LogP contribution >= 0.6 is 11.3 Å². The van der Waals surface area contributed by atoms with E-state index in [2.05, 4.69) is 4.90 Å². The van der Waals surface area contributed by atoms with Gasteiger partial charge in [0, 0.05) is 18.7 Å². The van der Waals surface area contributed by atoms with E-state index in [1.807, 2.05) is 43.3 Å². The Kier molecular flexibility index (Phi) is 3.85. The molecule has 1 aliphatic heterocycles. The molecule has 0 radical (unpaired) electrons. The second kappa shape index (κ2) is 5.77. The highest BCUT2D eigenvalue weighted by molar-refractivity contribution is 7.18. The van der Waals surface area contributed by atoms with Gasteiger partial charge >= 0.3 is 0 Å². The van der Waals surface area contributed by atoms with Gasteiger partial charge in [0.25, 0.3) is 0 Å². The maximum Gasteiger partial charge on any atom is 0.203 e. The van der Waals surface area contributed by atoms with Crippen molar-refractivity contribution in [3.8, 4) is 0 Å². The first kappa shape index (κ1) is 13.3. The molecule has 0 saturated carbocycles. The van der Waals surface area contributed by atoms with Crippen LogP contribution in [0.25, 0.3) is 0 Å². The molecule has 1 aromatic heterocycles. The summed E-state index contributed by atoms with van der Waals surface area (Å²) >= 11 is 1.57. The van der Waals surface area contributed by atoms with Crippen LogP contribution in [0.1, 0.15) is 20.8 Å². The number of aryl methyl sites for hydroxylation is 1. The van der Waals surface area contributed by atoms with E-state index in [9.17, 15) is 4.79 Å². The third kappa shape index (κ3) is 2.76. The Morgan fingerprint density at radius 3 is 2.50 bits per heavy atom. The number of benzene rings is 1. The van der Waals surface area contributed by atoms with Gasteiger partial charge in [-0.2, -0.15) is 0 Å². The van der Waals surface area contributed by atoms with E-state index in [1.165, 1.54) is 5.56 Å². The van der Waals surface area contributed by atoms with Crippen molar-refractivity contribution in [2.45, 2.75) is 6.92 Å². The molecule has 2 aromatic rings. The fourth-order valence-electron chi connectivity index (χ4n) is 2.25. The summed E-state index contributed by atoms with van der Waals surface area (Å²) in [5.74, 6) is 0.106. The first-order valence-electron chi connectivity index (χ1n) is 6.78. The van der Waals surface area contributed by atoms with E-state index >= 15 is 0 Å². The lowest BCUT2D eigenvalue weighted by molar-refractivity contribution is 0.104. The molecule has 0 atom stereocenters. The zero-order valence-electron chi connectivity index (χ0n) is 11.5. The minimum absolute atomic E-state index is 0.106. The smallest absolute Gasteiger partial charge is 0.203 e. The Morgan fingerprint density at radius 2 is 1.80 bits per heavy atom. The number of rotatable bonds is 3. The maximum absolute atomic E-state index is 12.4. The van der Waals surface area contributed by atoms with Crippen molar-refractivity contribution in [3.05, 3.63) is 52.4 Å². The van der Waals surface area contributed by atoms with E-state index in [0.29, 0.717) is 0 Å². The van der Waals surface area contributed by atoms with Crippen LogP contribution in [0.5, 0.6) is 0 Å². The molecule has 1 aliphatic rings. The van der Waals surface area contributed by atoms with Gasteiger partial charge in [-0.1, -0.05) is 29.8 Å². The van der Waals surface area contributed by atoms with Crippen molar-refractivity contribution >= 4 is 22.1 Å². The topological polar surface area (TPSA) is 29.5 Å². The first-order chi connectivity index (χ1) is 9.74. The van der Waals surface area contributed by atoms with Crippen LogP contribution in [-0.2, 0) is 4.74 Å². The molecule has 0 spiro atoms. The van der Waals surface area contributed by atoms with Gasteiger partial charge < -0.3 is 9.64 Å². The van der Waals surface area contributed by atoms with Crippen LogP contribution in [0.3, 0.4) is 0 Å². The minimum Gasteiger partial charge on any atom is -0.378 e. The number of ketones is 1. The van der Waals surface area contributed by atoms with Gasteiger partial charge in [-0.15, -0.1) is 11.3 Å². The monoisotopic (exact) mass is 287 g/mol. The average molecular weight is 287 g/mol. The van der Waals surface area contributed by atoms with Crippen LogP contribution in [0, 0.1) is 6.92 Å². The van der Waals surface area contributed by atoms with E-state index in [0.717, 1.165) is 41.7 Å². The van der Waals surface area contributed by atoms with Crippen molar-refractivity contribution < 1.29 is 9.53 Å². The van der Waals surface area contributed by atoms with Gasteiger partial charge in [-0.25, -0.2) is 0 Å². The molecule has 0 amide bonds. The van der Waals surface area contributed by atoms with Crippen molar-refractivity contribution in [3.63, 3.8) is 0 Å². The molecular weight excluding hydrogens is 270 g/mol. The van der Waals surface area contributed by atoms with Gasteiger partial charge in [-0.3, -0.25) is 4.79 Å². The molecule has 0 unspecified atom stereocenters. The molecular formula is C16H17NO2S. The zero-order chi connectivity index (χ0) is 13.9. The third-order valence-corrected chi connectivity index (χ3v) is 4.60. The summed E-state index contributed by atoms with van der Waals surface area (Å²) < 4.78 is 5.35. The average Bonchev–Trinajstić information content (AvgIpc) is 2.98. The predicted octanol–water partition coefficient (Wildman–Crippen LogP) is 3.12. The molecule has 1 fully saturated rings. The predicted molar refractivity (Wildman–Crippen MR) is 82.0 cm³/mol. The van der Waals surface area contributed by atoms with Crippen molar-refractivity contribution in [1.29, 1.82) is 0 Å². The Hall–Kier alpha value is -1.65. The molecule has 0 aliphatic carbocycles. The number of carbonyl (C=O) groups excluding carboxylic acids is 1. The molecule has 0 bridgehead atoms. The van der Waals surface area contributed by atoms with Gasteiger partial charge in [-0.05, 0) is 19.1 Å². The summed E-state index contributed by atoms with van der Waals surface area (Å²) in [4.78, 5) is 15.5. The van der Waals surface area contributed by atoms with Crippen LogP contribution in [0.2, 0.25) is 0 Å². The standard InChI is InChI=1S/C16H17NO2S/c1-12-2-4-13(5-3-12)16(18)14-6-7-15(20-14)17-8-10-19-11-9-17/h2-7H,8-11H2,1H3. The lowest BCUT2D eigenvalue weighted by Crippen LogP contribution is -2.35. The molecule has 104 valence electrons. The van der Waals surface area contributed by atoms with Crippen molar-refractivity contribution in [1.82, 2.24) is 0 Å². The number of ether oxygens (including phenoxy) is 1. The Labute approximate surface area is 122 Å². The molecule has 3 nitrogen and oxygen atoms in total. The van der Waals surface area contributed by atoms with E-state index in [1.54, 1.807) is 11.3 Å². The molecule has 0 N–H and O–H groups in total. The van der Waals surface area contributed by atoms with Crippen LogP contribution in [0.15, 0.2) is 36.4 Å². The van der Waals surface area contributed by atoms with Gasteiger partial charge in [0.15, 0.2) is 0 Å². The maximum atomic E-state index is 12.4. The van der Waals surface area contributed by atoms with E-state index in [-0.39, 0.29) is 5.78 Å². The number of thiophene rings is 1. The van der Waals surface area contributed by atoms with Crippen LogP contribution < -0.4 is 4.90 Å². The molecule has 4 heteroatoms. The van der Waals surface area contributed by atoms with Crippen LogP contribution in [0.4, 0.5) is 5.00 Å². The highest BCUT2D eigenvalue weighted by atomic mass is 32.1. The zero-order valence-corrected chi connectivity index (χ0v) is 12.3. The second-order valence-electron chi connectivity index (χ2n) is 4.93. The quantitative estimate of drug-likeness (QED) is 0.812. The number of carbonyl (C=O) groups is 1. The third-order valence-electron chi connectivity index (χ3n) is 3.45.